The number of rotatable bonds is 3. The van der Waals surface area contributed by atoms with Gasteiger partial charge in [0.05, 0.1) is 6.54 Å². The topological polar surface area (TPSA) is 89.4 Å². The van der Waals surface area contributed by atoms with E-state index in [1.165, 1.54) is 4.90 Å². The van der Waals surface area contributed by atoms with Gasteiger partial charge in [0, 0.05) is 19.0 Å². The third kappa shape index (κ3) is 3.20. The molecule has 1 aliphatic carbocycles. The molecule has 1 saturated carbocycles. The molecule has 0 aliphatic heterocycles. The summed E-state index contributed by atoms with van der Waals surface area (Å²) in [5, 5.41) is 0. The highest BCUT2D eigenvalue weighted by Crippen LogP contribution is 2.28. The molecule has 0 aromatic carbocycles. The summed E-state index contributed by atoms with van der Waals surface area (Å²) in [4.78, 5) is 24.1. The quantitative estimate of drug-likeness (QED) is 0.693. The first-order valence-corrected chi connectivity index (χ1v) is 5.70. The molecule has 92 valence electrons. The number of primary amides is 1. The van der Waals surface area contributed by atoms with E-state index in [4.69, 9.17) is 11.5 Å². The Morgan fingerprint density at radius 3 is 2.50 bits per heavy atom. The largest absolute Gasteiger partial charge is 0.368 e. The molecule has 1 fully saturated rings. The van der Waals surface area contributed by atoms with E-state index in [1.54, 1.807) is 7.05 Å². The van der Waals surface area contributed by atoms with Crippen LogP contribution in [0.2, 0.25) is 0 Å². The Kier molecular flexibility index (Phi) is 4.29. The van der Waals surface area contributed by atoms with Gasteiger partial charge in [0.2, 0.25) is 11.8 Å². The molecule has 0 aromatic heterocycles. The molecule has 0 bridgehead atoms. The number of nitrogens with zero attached hydrogens (tertiary/aromatic N) is 1. The molecule has 3 atom stereocenters. The lowest BCUT2D eigenvalue weighted by Gasteiger charge is -2.32. The van der Waals surface area contributed by atoms with E-state index in [0.717, 1.165) is 12.8 Å². The molecule has 4 N–H and O–H groups in total. The molecular formula is C11H21N3O2. The molecule has 16 heavy (non-hydrogen) atoms. The highest BCUT2D eigenvalue weighted by Gasteiger charge is 2.31. The Labute approximate surface area is 96.1 Å². The van der Waals surface area contributed by atoms with Crippen LogP contribution < -0.4 is 11.5 Å². The van der Waals surface area contributed by atoms with Gasteiger partial charge in [-0.25, -0.2) is 0 Å². The van der Waals surface area contributed by atoms with Crippen LogP contribution in [0.3, 0.4) is 0 Å². The molecule has 0 saturated heterocycles. The Hall–Kier alpha value is -1.10. The summed E-state index contributed by atoms with van der Waals surface area (Å²) < 4.78 is 0. The normalized spacial score (nSPS) is 29.8. The predicted octanol–water partition coefficient (Wildman–Crippen LogP) is -0.306. The van der Waals surface area contributed by atoms with Crippen LogP contribution in [0.5, 0.6) is 0 Å². The zero-order valence-electron chi connectivity index (χ0n) is 9.98. The lowest BCUT2D eigenvalue weighted by molar-refractivity contribution is -0.138. The summed E-state index contributed by atoms with van der Waals surface area (Å²) in [5.74, 6) is -0.0634. The fraction of sp³-hybridized carbons (Fsp3) is 0.818. The van der Waals surface area contributed by atoms with Crippen molar-refractivity contribution in [2.45, 2.75) is 32.2 Å². The third-order valence-corrected chi connectivity index (χ3v) is 3.38. The second kappa shape index (κ2) is 5.30. The van der Waals surface area contributed by atoms with E-state index in [2.05, 4.69) is 6.92 Å². The number of hydrogen-bond acceptors (Lipinski definition) is 3. The summed E-state index contributed by atoms with van der Waals surface area (Å²) >= 11 is 0. The maximum absolute atomic E-state index is 11.9. The standard InChI is InChI=1S/C11H21N3O2/c1-7-3-4-8(5-9(7)12)11(16)14(2)6-10(13)15/h7-9H,3-6,12H2,1-2H3,(H2,13,15). The van der Waals surface area contributed by atoms with Gasteiger partial charge in [0.15, 0.2) is 0 Å². The predicted molar refractivity (Wildman–Crippen MR) is 61.3 cm³/mol. The van der Waals surface area contributed by atoms with Crippen molar-refractivity contribution in [3.63, 3.8) is 0 Å². The minimum absolute atomic E-state index is 0.0128. The summed E-state index contributed by atoms with van der Waals surface area (Å²) in [5.41, 5.74) is 11.0. The van der Waals surface area contributed by atoms with Crippen LogP contribution in [0.15, 0.2) is 0 Å². The van der Waals surface area contributed by atoms with Gasteiger partial charge in [0.1, 0.15) is 0 Å². The summed E-state index contributed by atoms with van der Waals surface area (Å²) in [6.45, 7) is 2.10. The van der Waals surface area contributed by atoms with Crippen LogP contribution in [0.1, 0.15) is 26.2 Å². The minimum Gasteiger partial charge on any atom is -0.368 e. The van der Waals surface area contributed by atoms with Gasteiger partial charge in [-0.2, -0.15) is 0 Å². The molecule has 0 radical (unpaired) electrons. The number of hydrogen-bond donors (Lipinski definition) is 2. The van der Waals surface area contributed by atoms with Gasteiger partial charge >= 0.3 is 0 Å². The van der Waals surface area contributed by atoms with Crippen LogP contribution in [-0.2, 0) is 9.59 Å². The van der Waals surface area contributed by atoms with Crippen molar-refractivity contribution in [3.8, 4) is 0 Å². The Morgan fingerprint density at radius 1 is 1.38 bits per heavy atom. The Bertz CT molecular complexity index is 280. The second-order valence-electron chi connectivity index (χ2n) is 4.81. The van der Waals surface area contributed by atoms with Crippen LogP contribution in [0.25, 0.3) is 0 Å². The SMILES string of the molecule is CC1CCC(C(=O)N(C)CC(N)=O)CC1N. The number of carbonyl (C=O) groups excluding carboxylic acids is 2. The first kappa shape index (κ1) is 13.0. The molecule has 0 aromatic rings. The maximum Gasteiger partial charge on any atom is 0.237 e. The maximum atomic E-state index is 11.9. The van der Waals surface area contributed by atoms with Crippen molar-refractivity contribution < 1.29 is 9.59 Å². The second-order valence-corrected chi connectivity index (χ2v) is 4.81. The summed E-state index contributed by atoms with van der Waals surface area (Å²) in [6, 6.07) is 0.0877. The van der Waals surface area contributed by atoms with Gasteiger partial charge in [-0.3, -0.25) is 9.59 Å². The zero-order chi connectivity index (χ0) is 12.3. The van der Waals surface area contributed by atoms with E-state index >= 15 is 0 Å². The van der Waals surface area contributed by atoms with Gasteiger partial charge < -0.3 is 16.4 Å². The van der Waals surface area contributed by atoms with Crippen LogP contribution in [0, 0.1) is 11.8 Å². The van der Waals surface area contributed by atoms with Crippen molar-refractivity contribution in [1.82, 2.24) is 4.90 Å². The van der Waals surface area contributed by atoms with Gasteiger partial charge in [-0.05, 0) is 25.2 Å². The number of likely N-dealkylation sites (N-methyl/N-ethyl adjacent to an activating group) is 1. The number of amides is 2. The Balaban J connectivity index is 2.51. The lowest BCUT2D eigenvalue weighted by Crippen LogP contribution is -2.44. The van der Waals surface area contributed by atoms with Crippen LogP contribution in [-0.4, -0.2) is 36.3 Å². The monoisotopic (exact) mass is 227 g/mol. The van der Waals surface area contributed by atoms with Gasteiger partial charge in [-0.15, -0.1) is 0 Å². The molecule has 5 nitrogen and oxygen atoms in total. The van der Waals surface area contributed by atoms with Crippen LogP contribution >= 0.6 is 0 Å². The number of carbonyl (C=O) groups is 2. The van der Waals surface area contributed by atoms with Crippen molar-refractivity contribution in [2.75, 3.05) is 13.6 Å². The lowest BCUT2D eigenvalue weighted by atomic mass is 9.79. The highest BCUT2D eigenvalue weighted by atomic mass is 16.2. The van der Waals surface area contributed by atoms with E-state index in [9.17, 15) is 9.59 Å². The Morgan fingerprint density at radius 2 is 2.00 bits per heavy atom. The first-order valence-electron chi connectivity index (χ1n) is 5.70. The average Bonchev–Trinajstić information content (AvgIpc) is 2.20. The molecule has 5 heteroatoms. The minimum atomic E-state index is -0.482. The average molecular weight is 227 g/mol. The summed E-state index contributed by atoms with van der Waals surface area (Å²) in [7, 11) is 1.61. The molecule has 1 rings (SSSR count). The zero-order valence-corrected chi connectivity index (χ0v) is 9.98. The van der Waals surface area contributed by atoms with Crippen molar-refractivity contribution in [1.29, 1.82) is 0 Å². The molecule has 0 spiro atoms. The van der Waals surface area contributed by atoms with Crippen molar-refractivity contribution in [3.05, 3.63) is 0 Å². The highest BCUT2D eigenvalue weighted by molar-refractivity contribution is 5.84. The first-order chi connectivity index (χ1) is 7.41. The molecule has 0 heterocycles. The fourth-order valence-corrected chi connectivity index (χ4v) is 2.20. The van der Waals surface area contributed by atoms with E-state index in [-0.39, 0.29) is 24.4 Å². The van der Waals surface area contributed by atoms with Gasteiger partial charge in [-0.1, -0.05) is 6.92 Å². The molecule has 3 unspecified atom stereocenters. The third-order valence-electron chi connectivity index (χ3n) is 3.38. The van der Waals surface area contributed by atoms with E-state index in [1.807, 2.05) is 0 Å². The van der Waals surface area contributed by atoms with Crippen LogP contribution in [0.4, 0.5) is 0 Å². The molecular weight excluding hydrogens is 206 g/mol. The molecule has 2 amide bonds. The summed E-state index contributed by atoms with van der Waals surface area (Å²) in [6.07, 6.45) is 2.54. The van der Waals surface area contributed by atoms with Crippen molar-refractivity contribution >= 4 is 11.8 Å². The molecule has 1 aliphatic rings. The van der Waals surface area contributed by atoms with E-state index < -0.39 is 5.91 Å². The fourth-order valence-electron chi connectivity index (χ4n) is 2.20. The van der Waals surface area contributed by atoms with Gasteiger partial charge in [0.25, 0.3) is 0 Å². The van der Waals surface area contributed by atoms with E-state index in [0.29, 0.717) is 12.3 Å². The number of nitrogens with two attached hydrogens (primary N) is 2. The smallest absolute Gasteiger partial charge is 0.237 e. The van der Waals surface area contributed by atoms with Crippen molar-refractivity contribution in [2.24, 2.45) is 23.3 Å².